The molecule has 0 aliphatic carbocycles. The van der Waals surface area contributed by atoms with Crippen LogP contribution in [-0.4, -0.2) is 62.0 Å². The van der Waals surface area contributed by atoms with E-state index in [1.807, 2.05) is 34.9 Å². The SMILES string of the molecule is CN(C)CCCNC(=S)NCCNC(=O)OC(C)(C)C. The van der Waals surface area contributed by atoms with Crippen LogP contribution >= 0.6 is 12.2 Å². The topological polar surface area (TPSA) is 65.6 Å². The summed E-state index contributed by atoms with van der Waals surface area (Å²) >= 11 is 5.12. The van der Waals surface area contributed by atoms with Gasteiger partial charge < -0.3 is 25.6 Å². The molecule has 0 radical (unpaired) electrons. The van der Waals surface area contributed by atoms with Gasteiger partial charge in [-0.1, -0.05) is 0 Å². The third-order valence-electron chi connectivity index (χ3n) is 2.15. The molecule has 0 saturated heterocycles. The van der Waals surface area contributed by atoms with Crippen LogP contribution in [0.5, 0.6) is 0 Å². The number of nitrogens with one attached hydrogen (secondary N) is 3. The zero-order chi connectivity index (χ0) is 15.6. The Morgan fingerprint density at radius 2 is 1.65 bits per heavy atom. The third kappa shape index (κ3) is 13.4. The smallest absolute Gasteiger partial charge is 0.407 e. The molecule has 0 aromatic carbocycles. The molecular formula is C13H28N4O2S. The highest BCUT2D eigenvalue weighted by Gasteiger charge is 2.15. The molecule has 0 unspecified atom stereocenters. The Hall–Kier alpha value is -1.08. The fourth-order valence-electron chi connectivity index (χ4n) is 1.31. The normalized spacial score (nSPS) is 11.1. The predicted molar refractivity (Wildman–Crippen MR) is 86.0 cm³/mol. The summed E-state index contributed by atoms with van der Waals surface area (Å²) in [5.41, 5.74) is -0.471. The van der Waals surface area contributed by atoms with Crippen LogP contribution < -0.4 is 16.0 Å². The van der Waals surface area contributed by atoms with E-state index in [1.165, 1.54) is 0 Å². The van der Waals surface area contributed by atoms with Crippen LogP contribution in [0.3, 0.4) is 0 Å². The summed E-state index contributed by atoms with van der Waals surface area (Å²) in [5.74, 6) is 0. The maximum atomic E-state index is 11.4. The van der Waals surface area contributed by atoms with Gasteiger partial charge in [0.15, 0.2) is 5.11 Å². The summed E-state index contributed by atoms with van der Waals surface area (Å²) in [6, 6.07) is 0. The highest BCUT2D eigenvalue weighted by molar-refractivity contribution is 7.80. The van der Waals surface area contributed by atoms with Gasteiger partial charge in [-0.2, -0.15) is 0 Å². The number of carbonyl (C=O) groups is 1. The number of ether oxygens (including phenoxy) is 1. The molecule has 0 aliphatic rings. The summed E-state index contributed by atoms with van der Waals surface area (Å²) in [7, 11) is 4.08. The van der Waals surface area contributed by atoms with Gasteiger partial charge in [-0.3, -0.25) is 0 Å². The van der Waals surface area contributed by atoms with Crippen LogP contribution in [0.2, 0.25) is 0 Å². The van der Waals surface area contributed by atoms with E-state index < -0.39 is 11.7 Å². The first-order valence-electron chi connectivity index (χ1n) is 6.84. The lowest BCUT2D eigenvalue weighted by molar-refractivity contribution is 0.0529. The maximum Gasteiger partial charge on any atom is 0.407 e. The number of hydrogen-bond acceptors (Lipinski definition) is 4. The molecule has 0 saturated carbocycles. The Balaban J connectivity index is 3.50. The third-order valence-corrected chi connectivity index (χ3v) is 2.44. The van der Waals surface area contributed by atoms with E-state index in [1.54, 1.807) is 0 Å². The second-order valence-electron chi connectivity index (χ2n) is 5.77. The Kier molecular flexibility index (Phi) is 9.24. The van der Waals surface area contributed by atoms with Crippen LogP contribution in [0.4, 0.5) is 4.79 Å². The van der Waals surface area contributed by atoms with E-state index in [4.69, 9.17) is 17.0 Å². The van der Waals surface area contributed by atoms with Gasteiger partial charge in [0, 0.05) is 19.6 Å². The Labute approximate surface area is 127 Å². The van der Waals surface area contributed by atoms with Gasteiger partial charge in [0.05, 0.1) is 0 Å². The van der Waals surface area contributed by atoms with Crippen molar-refractivity contribution in [2.75, 3.05) is 40.3 Å². The Morgan fingerprint density at radius 3 is 2.20 bits per heavy atom. The van der Waals surface area contributed by atoms with E-state index in [9.17, 15) is 4.79 Å². The van der Waals surface area contributed by atoms with Crippen molar-refractivity contribution in [2.24, 2.45) is 0 Å². The minimum atomic E-state index is -0.471. The van der Waals surface area contributed by atoms with Gasteiger partial charge in [-0.25, -0.2) is 4.79 Å². The summed E-state index contributed by atoms with van der Waals surface area (Å²) in [4.78, 5) is 13.5. The standard InChI is InChI=1S/C13H28N4O2S/c1-13(2,3)19-12(18)16-9-8-15-11(20)14-7-6-10-17(4)5/h6-10H2,1-5H3,(H,16,18)(H2,14,15,20). The Bertz CT molecular complexity index is 303. The maximum absolute atomic E-state index is 11.4. The Morgan fingerprint density at radius 1 is 1.10 bits per heavy atom. The van der Waals surface area contributed by atoms with E-state index in [0.717, 1.165) is 19.5 Å². The van der Waals surface area contributed by atoms with E-state index in [0.29, 0.717) is 18.2 Å². The van der Waals surface area contributed by atoms with Gasteiger partial charge in [-0.15, -0.1) is 0 Å². The number of hydrogen-bond donors (Lipinski definition) is 3. The molecule has 0 bridgehead atoms. The highest BCUT2D eigenvalue weighted by Crippen LogP contribution is 2.05. The minimum Gasteiger partial charge on any atom is -0.444 e. The second-order valence-corrected chi connectivity index (χ2v) is 6.18. The summed E-state index contributed by atoms with van der Waals surface area (Å²) in [5, 5.41) is 9.40. The molecule has 118 valence electrons. The monoisotopic (exact) mass is 304 g/mol. The molecule has 0 aliphatic heterocycles. The first kappa shape index (κ1) is 18.9. The lowest BCUT2D eigenvalue weighted by Gasteiger charge is -2.19. The molecule has 20 heavy (non-hydrogen) atoms. The highest BCUT2D eigenvalue weighted by atomic mass is 32.1. The number of thiocarbonyl (C=S) groups is 1. The number of rotatable bonds is 7. The number of alkyl carbamates (subject to hydrolysis) is 1. The number of nitrogens with zero attached hydrogens (tertiary/aromatic N) is 1. The van der Waals surface area contributed by atoms with Gasteiger partial charge in [-0.05, 0) is 60.1 Å². The van der Waals surface area contributed by atoms with Gasteiger partial charge in [0.25, 0.3) is 0 Å². The van der Waals surface area contributed by atoms with Crippen molar-refractivity contribution >= 4 is 23.4 Å². The lowest BCUT2D eigenvalue weighted by atomic mass is 10.2. The van der Waals surface area contributed by atoms with Crippen molar-refractivity contribution in [1.82, 2.24) is 20.9 Å². The molecule has 0 fully saturated rings. The van der Waals surface area contributed by atoms with Gasteiger partial charge in [0.1, 0.15) is 5.60 Å². The van der Waals surface area contributed by atoms with E-state index in [2.05, 4.69) is 20.9 Å². The van der Waals surface area contributed by atoms with Crippen LogP contribution in [0.1, 0.15) is 27.2 Å². The molecule has 7 heteroatoms. The van der Waals surface area contributed by atoms with Gasteiger partial charge in [0.2, 0.25) is 0 Å². The van der Waals surface area contributed by atoms with Crippen molar-refractivity contribution in [3.8, 4) is 0 Å². The van der Waals surface area contributed by atoms with Crippen LogP contribution in [-0.2, 0) is 4.74 Å². The lowest BCUT2D eigenvalue weighted by Crippen LogP contribution is -2.41. The molecule has 0 aromatic heterocycles. The minimum absolute atomic E-state index is 0.413. The fraction of sp³-hybridized carbons (Fsp3) is 0.846. The first-order valence-corrected chi connectivity index (χ1v) is 7.25. The number of carbonyl (C=O) groups excluding carboxylic acids is 1. The summed E-state index contributed by atoms with van der Waals surface area (Å²) in [6.45, 7) is 8.39. The van der Waals surface area contributed by atoms with Crippen LogP contribution in [0.25, 0.3) is 0 Å². The molecule has 0 atom stereocenters. The average Bonchev–Trinajstić information content (AvgIpc) is 2.28. The van der Waals surface area contributed by atoms with Crippen molar-refractivity contribution in [3.05, 3.63) is 0 Å². The van der Waals surface area contributed by atoms with Gasteiger partial charge >= 0.3 is 6.09 Å². The average molecular weight is 304 g/mol. The molecule has 0 heterocycles. The predicted octanol–water partition coefficient (Wildman–Crippen LogP) is 0.927. The van der Waals surface area contributed by atoms with E-state index >= 15 is 0 Å². The largest absolute Gasteiger partial charge is 0.444 e. The molecule has 6 nitrogen and oxygen atoms in total. The zero-order valence-electron chi connectivity index (χ0n) is 13.2. The molecule has 1 amide bonds. The fourth-order valence-corrected chi connectivity index (χ4v) is 1.52. The van der Waals surface area contributed by atoms with Crippen molar-refractivity contribution in [2.45, 2.75) is 32.8 Å². The van der Waals surface area contributed by atoms with Crippen molar-refractivity contribution in [3.63, 3.8) is 0 Å². The van der Waals surface area contributed by atoms with E-state index in [-0.39, 0.29) is 0 Å². The molecule has 0 spiro atoms. The number of amides is 1. The molecule has 0 aromatic rings. The molecule has 3 N–H and O–H groups in total. The summed E-state index contributed by atoms with van der Waals surface area (Å²) < 4.78 is 5.12. The van der Waals surface area contributed by atoms with Crippen molar-refractivity contribution < 1.29 is 9.53 Å². The van der Waals surface area contributed by atoms with Crippen LogP contribution in [0.15, 0.2) is 0 Å². The molecular weight excluding hydrogens is 276 g/mol. The quantitative estimate of drug-likeness (QED) is 0.480. The zero-order valence-corrected chi connectivity index (χ0v) is 14.0. The van der Waals surface area contributed by atoms with Crippen LogP contribution in [0, 0.1) is 0 Å². The van der Waals surface area contributed by atoms with Crippen molar-refractivity contribution in [1.29, 1.82) is 0 Å². The molecule has 0 rings (SSSR count). The summed E-state index contributed by atoms with van der Waals surface area (Å²) in [6.07, 6.45) is 0.620. The first-order chi connectivity index (χ1) is 9.20. The second kappa shape index (κ2) is 9.77.